The molecule has 2 aliphatic carbocycles. The first-order valence-electron chi connectivity index (χ1n) is 27.3. The van der Waals surface area contributed by atoms with Gasteiger partial charge in [-0.2, -0.15) is 0 Å². The van der Waals surface area contributed by atoms with Gasteiger partial charge in [-0.05, 0) is 128 Å². The highest BCUT2D eigenvalue weighted by atomic mass is 15.2. The Kier molecular flexibility index (Phi) is 7.73. The van der Waals surface area contributed by atoms with E-state index in [2.05, 4.69) is 279 Å². The number of anilines is 3. The summed E-state index contributed by atoms with van der Waals surface area (Å²) in [6, 6.07) is 98.8. The number of fused-ring (bicyclic) bond motifs is 24. The van der Waals surface area contributed by atoms with Crippen LogP contribution < -0.4 is 21.3 Å². The van der Waals surface area contributed by atoms with Crippen LogP contribution >= 0.6 is 0 Å². The van der Waals surface area contributed by atoms with E-state index in [1.807, 2.05) is 0 Å². The molecule has 12 aromatic carbocycles. The van der Waals surface area contributed by atoms with E-state index in [-0.39, 0.29) is 6.71 Å². The largest absolute Gasteiger partial charge is 0.311 e. The third kappa shape index (κ3) is 4.86. The molecule has 78 heavy (non-hydrogen) atoms. The highest BCUT2D eigenvalue weighted by Gasteiger charge is 2.53. The average Bonchev–Trinajstić information content (AvgIpc) is 3.59. The van der Waals surface area contributed by atoms with E-state index in [0.717, 1.165) is 17.1 Å². The first-order valence-corrected chi connectivity index (χ1v) is 27.3. The summed E-state index contributed by atoms with van der Waals surface area (Å²) >= 11 is 0. The summed E-state index contributed by atoms with van der Waals surface area (Å²) in [6.45, 7) is -0.128. The molecule has 4 nitrogen and oxygen atoms in total. The molecule has 3 aromatic heterocycles. The van der Waals surface area contributed by atoms with Gasteiger partial charge in [0.25, 0.3) is 6.71 Å². The van der Waals surface area contributed by atoms with E-state index >= 15 is 0 Å². The molecular weight excluding hydrogens is 944 g/mol. The summed E-state index contributed by atoms with van der Waals surface area (Å²) in [4.78, 5) is 2.62. The molecule has 19 rings (SSSR count). The van der Waals surface area contributed by atoms with Crippen molar-refractivity contribution in [2.24, 2.45) is 0 Å². The molecule has 358 valence electrons. The molecule has 0 atom stereocenters. The fourth-order valence-electron chi connectivity index (χ4n) is 15.6. The molecule has 0 fully saturated rings. The van der Waals surface area contributed by atoms with E-state index in [1.54, 1.807) is 0 Å². The van der Waals surface area contributed by atoms with E-state index in [0.29, 0.717) is 0 Å². The molecular formula is C73H43BN4. The predicted molar refractivity (Wildman–Crippen MR) is 325 cm³/mol. The van der Waals surface area contributed by atoms with Crippen LogP contribution in [0, 0.1) is 0 Å². The molecule has 1 spiro atoms. The predicted octanol–water partition coefficient (Wildman–Crippen LogP) is 15.9. The molecule has 15 aromatic rings. The molecule has 0 saturated carbocycles. The summed E-state index contributed by atoms with van der Waals surface area (Å²) < 4.78 is 7.70. The van der Waals surface area contributed by atoms with E-state index in [9.17, 15) is 0 Å². The van der Waals surface area contributed by atoms with Crippen molar-refractivity contribution >= 4 is 106 Å². The zero-order valence-corrected chi connectivity index (χ0v) is 42.2. The van der Waals surface area contributed by atoms with Crippen molar-refractivity contribution < 1.29 is 0 Å². The number of nitrogens with zero attached hydrogens (tertiary/aromatic N) is 4. The summed E-state index contributed by atoms with van der Waals surface area (Å²) in [6.07, 6.45) is 0. The number of aromatic nitrogens is 3. The Labute approximate surface area is 449 Å². The molecule has 0 N–H and O–H groups in total. The van der Waals surface area contributed by atoms with Crippen LogP contribution in [0.15, 0.2) is 261 Å². The molecule has 2 aliphatic heterocycles. The topological polar surface area (TPSA) is 18.0 Å². The van der Waals surface area contributed by atoms with Crippen molar-refractivity contribution in [3.05, 3.63) is 283 Å². The van der Waals surface area contributed by atoms with Crippen molar-refractivity contribution in [2.75, 3.05) is 4.90 Å². The van der Waals surface area contributed by atoms with Crippen LogP contribution in [0.5, 0.6) is 0 Å². The molecule has 0 amide bonds. The quantitative estimate of drug-likeness (QED) is 0.161. The Morgan fingerprint density at radius 2 is 0.756 bits per heavy atom. The van der Waals surface area contributed by atoms with Crippen LogP contribution in [0.3, 0.4) is 0 Å². The maximum absolute atomic E-state index is 2.65. The second kappa shape index (κ2) is 14.6. The number of rotatable bonds is 3. The minimum atomic E-state index is -0.517. The van der Waals surface area contributed by atoms with Crippen LogP contribution in [0.2, 0.25) is 0 Å². The van der Waals surface area contributed by atoms with Gasteiger partial charge in [0.05, 0.1) is 44.2 Å². The SMILES string of the molecule is c1ccc(N2c3cc4c(cc3B3c5c2cc(-n2c6ccccc6c6ccccc62)cc5-n2c5ccccc5c5c2c3cc2c3ccccc3n(-c3ccccc3)c25)-c2ccccc2C42c3ccccc3-c3ccccc32)cc1. The summed E-state index contributed by atoms with van der Waals surface area (Å²) in [7, 11) is 0. The molecule has 0 unspecified atom stereocenters. The smallest absolute Gasteiger partial charge is 0.252 e. The first kappa shape index (κ1) is 41.2. The summed E-state index contributed by atoms with van der Waals surface area (Å²) in [5.74, 6) is 0. The summed E-state index contributed by atoms with van der Waals surface area (Å²) in [5.41, 5.74) is 28.3. The Morgan fingerprint density at radius 3 is 1.37 bits per heavy atom. The Balaban J connectivity index is 1.03. The Bertz CT molecular complexity index is 5070. The highest BCUT2D eigenvalue weighted by Crippen LogP contribution is 2.63. The van der Waals surface area contributed by atoms with Crippen LogP contribution in [0.4, 0.5) is 17.1 Å². The van der Waals surface area contributed by atoms with Crippen molar-refractivity contribution in [1.82, 2.24) is 13.7 Å². The second-order valence-corrected chi connectivity index (χ2v) is 21.8. The van der Waals surface area contributed by atoms with Gasteiger partial charge in [-0.3, -0.25) is 0 Å². The lowest BCUT2D eigenvalue weighted by atomic mass is 9.33. The van der Waals surface area contributed by atoms with Gasteiger partial charge < -0.3 is 18.6 Å². The van der Waals surface area contributed by atoms with E-state index in [1.165, 1.54) is 143 Å². The molecule has 0 radical (unpaired) electrons. The molecule has 0 saturated heterocycles. The standard InChI is InChI=1S/C73H43BN4/c1-3-21-44(22-4-1)75-66-43-59-54(49-27-9-16-34-58(49)73(59)56-32-14-7-25-47(56)48-26-8-15-33-57(48)73)41-60(66)74-61-42-55-52-30-12-19-37-64(52)77(45-23-5-2-6-24-45)71(55)69-53-31-13-20-38-65(53)78(72(61)69)68-40-46(39-67(75)70(68)74)76-62-35-17-10-28-50(62)51-29-11-18-36-63(51)76/h1-43H. The van der Waals surface area contributed by atoms with Gasteiger partial charge in [-0.15, -0.1) is 0 Å². The third-order valence-electron chi connectivity index (χ3n) is 18.4. The van der Waals surface area contributed by atoms with Crippen molar-refractivity contribution in [3.8, 4) is 39.3 Å². The van der Waals surface area contributed by atoms with Gasteiger partial charge in [-0.25, -0.2) is 0 Å². The molecule has 0 bridgehead atoms. The lowest BCUT2D eigenvalue weighted by Gasteiger charge is -2.42. The summed E-state index contributed by atoms with van der Waals surface area (Å²) in [5, 5.41) is 7.54. The Morgan fingerprint density at radius 1 is 0.282 bits per heavy atom. The lowest BCUT2D eigenvalue weighted by Crippen LogP contribution is -2.60. The van der Waals surface area contributed by atoms with Crippen molar-refractivity contribution in [1.29, 1.82) is 0 Å². The van der Waals surface area contributed by atoms with Crippen LogP contribution in [-0.4, -0.2) is 20.4 Å². The molecule has 4 aliphatic rings. The highest BCUT2D eigenvalue weighted by molar-refractivity contribution is 7.00. The van der Waals surface area contributed by atoms with Crippen LogP contribution in [-0.2, 0) is 5.41 Å². The number of para-hydroxylation sites is 6. The first-order chi connectivity index (χ1) is 38.8. The fraction of sp³-hybridized carbons (Fsp3) is 0.0137. The Hall–Kier alpha value is -10.1. The van der Waals surface area contributed by atoms with Crippen molar-refractivity contribution in [3.63, 3.8) is 0 Å². The zero-order valence-electron chi connectivity index (χ0n) is 42.2. The van der Waals surface area contributed by atoms with Gasteiger partial charge in [0, 0.05) is 60.8 Å². The minimum Gasteiger partial charge on any atom is -0.311 e. The van der Waals surface area contributed by atoms with E-state index in [4.69, 9.17) is 0 Å². The van der Waals surface area contributed by atoms with Crippen LogP contribution in [0.25, 0.3) is 105 Å². The van der Waals surface area contributed by atoms with Crippen LogP contribution in [0.1, 0.15) is 22.3 Å². The molecule has 5 heteroatoms. The third-order valence-corrected chi connectivity index (χ3v) is 18.4. The van der Waals surface area contributed by atoms with Crippen molar-refractivity contribution in [2.45, 2.75) is 5.41 Å². The number of benzene rings is 12. The lowest BCUT2D eigenvalue weighted by molar-refractivity contribution is 0.794. The fourth-order valence-corrected chi connectivity index (χ4v) is 15.6. The maximum Gasteiger partial charge on any atom is 0.252 e. The van der Waals surface area contributed by atoms with Gasteiger partial charge in [0.2, 0.25) is 0 Å². The normalized spacial score (nSPS) is 13.9. The van der Waals surface area contributed by atoms with E-state index < -0.39 is 5.41 Å². The number of hydrogen-bond donors (Lipinski definition) is 0. The molecule has 5 heterocycles. The second-order valence-electron chi connectivity index (χ2n) is 21.8. The number of hydrogen-bond acceptors (Lipinski definition) is 1. The van der Waals surface area contributed by atoms with Gasteiger partial charge in [-0.1, -0.05) is 194 Å². The van der Waals surface area contributed by atoms with Gasteiger partial charge in [0.15, 0.2) is 0 Å². The minimum absolute atomic E-state index is 0.128. The van der Waals surface area contributed by atoms with Gasteiger partial charge >= 0.3 is 0 Å². The maximum atomic E-state index is 2.65. The monoisotopic (exact) mass is 986 g/mol. The van der Waals surface area contributed by atoms with Gasteiger partial charge in [0.1, 0.15) is 0 Å². The zero-order chi connectivity index (χ0) is 50.5. The average molecular weight is 987 g/mol.